The van der Waals surface area contributed by atoms with E-state index in [4.69, 9.17) is 16.3 Å². The van der Waals surface area contributed by atoms with Crippen molar-refractivity contribution in [1.29, 1.82) is 5.26 Å². The molecule has 3 aromatic rings. The maximum Gasteiger partial charge on any atom is 0.248 e. The number of amides is 2. The zero-order valence-electron chi connectivity index (χ0n) is 23.8. The summed E-state index contributed by atoms with van der Waals surface area (Å²) in [5, 5.41) is 12.4. The van der Waals surface area contributed by atoms with Crippen LogP contribution in [0.4, 0.5) is 29.1 Å². The number of pyridine rings is 1. The number of rotatable bonds is 8. The molecular weight excluding hydrogens is 614 g/mol. The highest BCUT2D eigenvalue weighted by atomic mass is 35.5. The Morgan fingerprint density at radius 1 is 1.11 bits per heavy atom. The Balaban J connectivity index is 1.38. The molecule has 0 bridgehead atoms. The number of alkyl halides is 2. The molecule has 0 radical (unpaired) electrons. The first-order valence-corrected chi connectivity index (χ1v) is 14.9. The van der Waals surface area contributed by atoms with Crippen LogP contribution in [0.2, 0.25) is 5.02 Å². The summed E-state index contributed by atoms with van der Waals surface area (Å²) in [5.41, 5.74) is 0.592. The SMILES string of the molecule is N#Cc1ccnc(N2C(=O)CCC2C2OC2N(c2cc(F)cc(F)c2)C(C(=O)NC2CCC(F)(F)CC2)c2ccccc2Cl)c1. The number of nitriles is 1. The van der Waals surface area contributed by atoms with Crippen LogP contribution in [0.25, 0.3) is 0 Å². The third-order valence-corrected chi connectivity index (χ3v) is 8.81. The highest BCUT2D eigenvalue weighted by molar-refractivity contribution is 6.31. The highest BCUT2D eigenvalue weighted by Crippen LogP contribution is 2.45. The number of halogens is 5. The fraction of sp³-hybridized carbons (Fsp3) is 0.375. The highest BCUT2D eigenvalue weighted by Gasteiger charge is 2.56. The molecule has 45 heavy (non-hydrogen) atoms. The quantitative estimate of drug-likeness (QED) is 0.238. The predicted octanol–water partition coefficient (Wildman–Crippen LogP) is 6.05. The molecule has 4 unspecified atom stereocenters. The lowest BCUT2D eigenvalue weighted by atomic mass is 9.91. The number of carbonyl (C=O) groups excluding carboxylic acids is 2. The molecule has 1 N–H and O–H groups in total. The van der Waals surface area contributed by atoms with Gasteiger partial charge >= 0.3 is 0 Å². The first-order valence-electron chi connectivity index (χ1n) is 14.6. The Hall–Kier alpha value is -4.21. The van der Waals surface area contributed by atoms with E-state index in [0.717, 1.165) is 12.1 Å². The molecule has 4 atom stereocenters. The monoisotopic (exact) mass is 641 g/mol. The van der Waals surface area contributed by atoms with Crippen molar-refractivity contribution < 1.29 is 31.9 Å². The number of nitrogens with zero attached hydrogens (tertiary/aromatic N) is 4. The summed E-state index contributed by atoms with van der Waals surface area (Å²) in [6, 6.07) is 11.9. The van der Waals surface area contributed by atoms with Gasteiger partial charge < -0.3 is 15.0 Å². The number of carbonyl (C=O) groups is 2. The Kier molecular flexibility index (Phi) is 8.41. The van der Waals surface area contributed by atoms with Crippen molar-refractivity contribution in [3.8, 4) is 6.07 Å². The van der Waals surface area contributed by atoms with E-state index < -0.39 is 53.9 Å². The molecule has 6 rings (SSSR count). The van der Waals surface area contributed by atoms with Gasteiger partial charge in [-0.2, -0.15) is 5.26 Å². The molecule has 2 saturated heterocycles. The van der Waals surface area contributed by atoms with E-state index in [1.165, 1.54) is 28.1 Å². The number of nitrogens with one attached hydrogen (secondary N) is 1. The molecule has 1 aliphatic carbocycles. The summed E-state index contributed by atoms with van der Waals surface area (Å²) in [6.45, 7) is 0. The van der Waals surface area contributed by atoms with Gasteiger partial charge in [0.05, 0.1) is 17.7 Å². The van der Waals surface area contributed by atoms with Gasteiger partial charge in [-0.3, -0.25) is 14.5 Å². The minimum atomic E-state index is -2.81. The summed E-state index contributed by atoms with van der Waals surface area (Å²) in [7, 11) is 0. The lowest BCUT2D eigenvalue weighted by molar-refractivity contribution is -0.124. The maximum absolute atomic E-state index is 14.7. The molecule has 2 aliphatic heterocycles. The molecule has 3 aliphatic rings. The number of benzene rings is 2. The molecular formula is C32H28ClF4N5O3. The Morgan fingerprint density at radius 2 is 1.82 bits per heavy atom. The Bertz CT molecular complexity index is 1640. The van der Waals surface area contributed by atoms with Gasteiger partial charge in [0.1, 0.15) is 29.6 Å². The average molecular weight is 642 g/mol. The number of ether oxygens (including phenoxy) is 1. The van der Waals surface area contributed by atoms with Crippen molar-refractivity contribution >= 4 is 34.9 Å². The smallest absolute Gasteiger partial charge is 0.248 e. The van der Waals surface area contributed by atoms with Crippen LogP contribution in [0.3, 0.4) is 0 Å². The third-order valence-electron chi connectivity index (χ3n) is 8.47. The lowest BCUT2D eigenvalue weighted by Gasteiger charge is -2.35. The summed E-state index contributed by atoms with van der Waals surface area (Å²) < 4.78 is 63.2. The number of epoxide rings is 1. The van der Waals surface area contributed by atoms with E-state index in [1.54, 1.807) is 24.3 Å². The first kappa shape index (κ1) is 30.8. The fourth-order valence-corrected chi connectivity index (χ4v) is 6.50. The molecule has 1 saturated carbocycles. The second kappa shape index (κ2) is 12.3. The summed E-state index contributed by atoms with van der Waals surface area (Å²) in [5.74, 6) is -5.19. The molecule has 13 heteroatoms. The van der Waals surface area contributed by atoms with Crippen LogP contribution in [0.1, 0.15) is 55.7 Å². The second-order valence-electron chi connectivity index (χ2n) is 11.5. The van der Waals surface area contributed by atoms with E-state index >= 15 is 0 Å². The van der Waals surface area contributed by atoms with Gasteiger partial charge in [0.2, 0.25) is 17.7 Å². The van der Waals surface area contributed by atoms with Crippen molar-refractivity contribution in [3.63, 3.8) is 0 Å². The molecule has 0 spiro atoms. The van der Waals surface area contributed by atoms with Gasteiger partial charge in [-0.25, -0.2) is 22.5 Å². The van der Waals surface area contributed by atoms with E-state index in [2.05, 4.69) is 10.3 Å². The number of hydrogen-bond acceptors (Lipinski definition) is 6. The summed E-state index contributed by atoms with van der Waals surface area (Å²) in [6.07, 6.45) is -0.371. The predicted molar refractivity (Wildman–Crippen MR) is 156 cm³/mol. The largest absolute Gasteiger partial charge is 0.351 e. The Labute approximate surface area is 261 Å². The Morgan fingerprint density at radius 3 is 2.51 bits per heavy atom. The molecule has 234 valence electrons. The van der Waals surface area contributed by atoms with Crippen molar-refractivity contribution in [3.05, 3.63) is 88.6 Å². The zero-order chi connectivity index (χ0) is 31.9. The molecule has 1 aromatic heterocycles. The molecule has 3 fully saturated rings. The fourth-order valence-electron chi connectivity index (χ4n) is 6.26. The lowest BCUT2D eigenvalue weighted by Crippen LogP contribution is -2.49. The van der Waals surface area contributed by atoms with Gasteiger partial charge in [-0.1, -0.05) is 29.8 Å². The van der Waals surface area contributed by atoms with Gasteiger partial charge in [0, 0.05) is 53.8 Å². The zero-order valence-corrected chi connectivity index (χ0v) is 24.6. The van der Waals surface area contributed by atoms with E-state index in [9.17, 15) is 32.4 Å². The summed E-state index contributed by atoms with van der Waals surface area (Å²) >= 11 is 6.59. The van der Waals surface area contributed by atoms with Crippen LogP contribution in [-0.4, -0.2) is 47.1 Å². The van der Waals surface area contributed by atoms with Crippen LogP contribution >= 0.6 is 11.6 Å². The van der Waals surface area contributed by atoms with Gasteiger partial charge in [0.15, 0.2) is 6.23 Å². The standard InChI is InChI=1S/C32H28ClF4N5O3/c33-24-4-2-1-3-23(24)28(30(44)40-21-7-10-32(36,37)11-8-21)41(22-15-19(34)14-20(35)16-22)31-29(45-31)25-5-6-27(43)42(25)26-13-18(17-38)9-12-39-26/h1-4,9,12-16,21,25,28-29,31H,5-8,10-11H2,(H,40,44). The van der Waals surface area contributed by atoms with Crippen LogP contribution in [0.15, 0.2) is 60.8 Å². The van der Waals surface area contributed by atoms with Gasteiger partial charge in [0.25, 0.3) is 0 Å². The molecule has 2 aromatic carbocycles. The maximum atomic E-state index is 14.7. The molecule has 2 amide bonds. The van der Waals surface area contributed by atoms with Crippen LogP contribution in [-0.2, 0) is 14.3 Å². The summed E-state index contributed by atoms with van der Waals surface area (Å²) in [4.78, 5) is 34.3. The van der Waals surface area contributed by atoms with E-state index in [1.807, 2.05) is 6.07 Å². The first-order chi connectivity index (χ1) is 21.5. The minimum Gasteiger partial charge on any atom is -0.351 e. The van der Waals surface area contributed by atoms with Crippen molar-refractivity contribution in [2.75, 3.05) is 9.80 Å². The van der Waals surface area contributed by atoms with Crippen molar-refractivity contribution in [1.82, 2.24) is 10.3 Å². The van der Waals surface area contributed by atoms with E-state index in [-0.39, 0.29) is 54.5 Å². The van der Waals surface area contributed by atoms with Crippen molar-refractivity contribution in [2.45, 2.75) is 74.9 Å². The number of aromatic nitrogens is 1. The number of anilines is 2. The van der Waals surface area contributed by atoms with Gasteiger partial charge in [-0.05, 0) is 49.6 Å². The van der Waals surface area contributed by atoms with Gasteiger partial charge in [-0.15, -0.1) is 0 Å². The van der Waals surface area contributed by atoms with Crippen molar-refractivity contribution in [2.24, 2.45) is 0 Å². The normalized spacial score (nSPS) is 23.3. The van der Waals surface area contributed by atoms with Crippen LogP contribution < -0.4 is 15.1 Å². The molecule has 3 heterocycles. The van der Waals surface area contributed by atoms with Crippen LogP contribution in [0, 0.1) is 23.0 Å². The van der Waals surface area contributed by atoms with E-state index in [0.29, 0.717) is 23.6 Å². The number of hydrogen-bond donors (Lipinski definition) is 1. The minimum absolute atomic E-state index is 0.0178. The average Bonchev–Trinajstić information content (AvgIpc) is 3.69. The molecule has 8 nitrogen and oxygen atoms in total. The third kappa shape index (κ3) is 6.46. The van der Waals surface area contributed by atoms with Crippen LogP contribution in [0.5, 0.6) is 0 Å². The topological polar surface area (TPSA) is 102 Å². The second-order valence-corrected chi connectivity index (χ2v) is 11.9.